The Bertz CT molecular complexity index is 1360. The number of carboxylic acid groups (broad SMARTS) is 1. The molecule has 37 heavy (non-hydrogen) atoms. The first-order chi connectivity index (χ1) is 17.4. The van der Waals surface area contributed by atoms with Gasteiger partial charge in [-0.2, -0.15) is 0 Å². The standard InChI is InChI=1S/C30H32ClNO5/c1-17-14-23(32-28(33)21-8-6-10-22(31)16-21)18(2)26(27(29(34)35)37-30(3,4)5)25(17)20-11-12-24-19(15-20)9-7-13-36-24/h6,8,10-12,14-16,27H,7,9,13H2,1-5H3,(H,32,33)(H,34,35). The number of hydrogen-bond donors (Lipinski definition) is 2. The van der Waals surface area contributed by atoms with Gasteiger partial charge in [0, 0.05) is 21.8 Å². The number of anilines is 1. The lowest BCUT2D eigenvalue weighted by molar-refractivity contribution is -0.160. The molecule has 0 saturated heterocycles. The van der Waals surface area contributed by atoms with Crippen LogP contribution in [0.15, 0.2) is 48.5 Å². The van der Waals surface area contributed by atoms with Gasteiger partial charge in [-0.25, -0.2) is 4.79 Å². The predicted molar refractivity (Wildman–Crippen MR) is 146 cm³/mol. The minimum atomic E-state index is -1.25. The van der Waals surface area contributed by atoms with E-state index in [4.69, 9.17) is 21.1 Å². The molecule has 1 atom stereocenters. The van der Waals surface area contributed by atoms with Crippen LogP contribution in [0, 0.1) is 13.8 Å². The maximum Gasteiger partial charge on any atom is 0.337 e. The van der Waals surface area contributed by atoms with E-state index in [1.54, 1.807) is 24.3 Å². The summed E-state index contributed by atoms with van der Waals surface area (Å²) in [4.78, 5) is 25.7. The minimum absolute atomic E-state index is 0.335. The molecule has 0 radical (unpaired) electrons. The molecule has 194 valence electrons. The van der Waals surface area contributed by atoms with Crippen LogP contribution in [0.2, 0.25) is 5.02 Å². The van der Waals surface area contributed by atoms with Gasteiger partial charge in [0.15, 0.2) is 6.10 Å². The zero-order valence-electron chi connectivity index (χ0n) is 21.8. The normalized spacial score (nSPS) is 13.9. The van der Waals surface area contributed by atoms with E-state index >= 15 is 0 Å². The molecule has 3 aromatic carbocycles. The van der Waals surface area contributed by atoms with Crippen molar-refractivity contribution >= 4 is 29.2 Å². The molecule has 0 bridgehead atoms. The summed E-state index contributed by atoms with van der Waals surface area (Å²) in [5.41, 5.74) is 4.93. The van der Waals surface area contributed by atoms with E-state index in [1.807, 2.05) is 52.8 Å². The molecular weight excluding hydrogens is 490 g/mol. The van der Waals surface area contributed by atoms with Crippen LogP contribution in [-0.4, -0.2) is 29.2 Å². The molecule has 0 aromatic heterocycles. The topological polar surface area (TPSA) is 84.9 Å². The molecule has 0 spiro atoms. The zero-order chi connectivity index (χ0) is 26.9. The summed E-state index contributed by atoms with van der Waals surface area (Å²) in [6.07, 6.45) is 0.579. The average Bonchev–Trinajstić information content (AvgIpc) is 2.83. The van der Waals surface area contributed by atoms with Crippen LogP contribution in [0.5, 0.6) is 5.75 Å². The average molecular weight is 522 g/mol. The second kappa shape index (κ2) is 10.6. The summed E-state index contributed by atoms with van der Waals surface area (Å²) in [5.74, 6) is -0.575. The van der Waals surface area contributed by atoms with Crippen molar-refractivity contribution in [2.24, 2.45) is 0 Å². The number of aliphatic carboxylic acids is 1. The first-order valence-corrected chi connectivity index (χ1v) is 12.7. The first-order valence-electron chi connectivity index (χ1n) is 12.3. The number of ether oxygens (including phenoxy) is 2. The second-order valence-electron chi connectivity index (χ2n) is 10.3. The number of halogens is 1. The van der Waals surface area contributed by atoms with E-state index in [0.29, 0.717) is 34.0 Å². The largest absolute Gasteiger partial charge is 0.493 e. The Kier molecular flexibility index (Phi) is 7.62. The molecule has 4 rings (SSSR count). The Morgan fingerprint density at radius 2 is 1.86 bits per heavy atom. The molecule has 1 unspecified atom stereocenters. The summed E-state index contributed by atoms with van der Waals surface area (Å²) in [5, 5.41) is 13.7. The Morgan fingerprint density at radius 1 is 1.11 bits per heavy atom. The van der Waals surface area contributed by atoms with Gasteiger partial charge in [0.2, 0.25) is 0 Å². The van der Waals surface area contributed by atoms with Crippen molar-refractivity contribution < 1.29 is 24.2 Å². The first kappa shape index (κ1) is 26.7. The maximum absolute atomic E-state index is 13.1. The van der Waals surface area contributed by atoms with E-state index in [-0.39, 0.29) is 5.91 Å². The van der Waals surface area contributed by atoms with E-state index in [2.05, 4.69) is 11.4 Å². The number of hydrogen-bond acceptors (Lipinski definition) is 4. The third kappa shape index (κ3) is 5.97. The Hall–Kier alpha value is -3.35. The lowest BCUT2D eigenvalue weighted by Crippen LogP contribution is -2.28. The Labute approximate surface area is 222 Å². The number of amides is 1. The highest BCUT2D eigenvalue weighted by atomic mass is 35.5. The Balaban J connectivity index is 1.89. The highest BCUT2D eigenvalue weighted by molar-refractivity contribution is 6.31. The van der Waals surface area contributed by atoms with E-state index in [0.717, 1.165) is 40.8 Å². The van der Waals surface area contributed by atoms with Crippen molar-refractivity contribution in [2.75, 3.05) is 11.9 Å². The highest BCUT2D eigenvalue weighted by Gasteiger charge is 2.33. The SMILES string of the molecule is Cc1cc(NC(=O)c2cccc(Cl)c2)c(C)c(C(OC(C)(C)C)C(=O)O)c1-c1ccc2c(c1)CCCO2. The van der Waals surface area contributed by atoms with Gasteiger partial charge < -0.3 is 19.9 Å². The van der Waals surface area contributed by atoms with Crippen molar-refractivity contribution in [3.63, 3.8) is 0 Å². The lowest BCUT2D eigenvalue weighted by atomic mass is 9.86. The number of carbonyl (C=O) groups is 2. The lowest BCUT2D eigenvalue weighted by Gasteiger charge is -2.30. The molecule has 0 fully saturated rings. The number of nitrogens with one attached hydrogen (secondary N) is 1. The molecule has 1 aliphatic heterocycles. The van der Waals surface area contributed by atoms with Crippen LogP contribution in [-0.2, 0) is 16.0 Å². The van der Waals surface area contributed by atoms with Crippen LogP contribution in [0.25, 0.3) is 11.1 Å². The van der Waals surface area contributed by atoms with Crippen LogP contribution in [0.4, 0.5) is 5.69 Å². The van der Waals surface area contributed by atoms with E-state index in [9.17, 15) is 14.7 Å². The fourth-order valence-electron chi connectivity index (χ4n) is 4.71. The zero-order valence-corrected chi connectivity index (χ0v) is 22.5. The van der Waals surface area contributed by atoms with Gasteiger partial charge >= 0.3 is 5.97 Å². The molecular formula is C30H32ClNO5. The van der Waals surface area contributed by atoms with Crippen LogP contribution >= 0.6 is 11.6 Å². The molecule has 1 heterocycles. The molecule has 0 aliphatic carbocycles. The molecule has 2 N–H and O–H groups in total. The monoisotopic (exact) mass is 521 g/mol. The third-order valence-electron chi connectivity index (χ3n) is 6.32. The third-order valence-corrected chi connectivity index (χ3v) is 6.56. The van der Waals surface area contributed by atoms with Crippen molar-refractivity contribution in [1.29, 1.82) is 0 Å². The van der Waals surface area contributed by atoms with Gasteiger partial charge in [-0.1, -0.05) is 23.7 Å². The minimum Gasteiger partial charge on any atom is -0.493 e. The second-order valence-corrected chi connectivity index (χ2v) is 10.8. The van der Waals surface area contributed by atoms with Crippen molar-refractivity contribution in [2.45, 2.75) is 59.2 Å². The summed E-state index contributed by atoms with van der Waals surface area (Å²) in [6.45, 7) is 9.90. The molecule has 1 aliphatic rings. The number of carboxylic acids is 1. The number of fused-ring (bicyclic) bond motifs is 1. The van der Waals surface area contributed by atoms with Crippen LogP contribution < -0.4 is 10.1 Å². The predicted octanol–water partition coefficient (Wildman–Crippen LogP) is 7.14. The molecule has 7 heteroatoms. The smallest absolute Gasteiger partial charge is 0.337 e. The van der Waals surface area contributed by atoms with Gasteiger partial charge in [0.1, 0.15) is 5.75 Å². The van der Waals surface area contributed by atoms with Crippen LogP contribution in [0.1, 0.15) is 65.9 Å². The number of rotatable bonds is 6. The highest BCUT2D eigenvalue weighted by Crippen LogP contribution is 2.42. The van der Waals surface area contributed by atoms with Gasteiger partial charge in [0.05, 0.1) is 12.2 Å². The van der Waals surface area contributed by atoms with Crippen molar-refractivity contribution in [3.8, 4) is 16.9 Å². The van der Waals surface area contributed by atoms with Crippen molar-refractivity contribution in [1.82, 2.24) is 0 Å². The summed E-state index contributed by atoms with van der Waals surface area (Å²) < 4.78 is 11.9. The number of benzene rings is 3. The molecule has 3 aromatic rings. The number of carbonyl (C=O) groups excluding carboxylic acids is 1. The van der Waals surface area contributed by atoms with Gasteiger partial charge in [-0.05, 0) is 112 Å². The Morgan fingerprint density at radius 3 is 2.54 bits per heavy atom. The molecule has 6 nitrogen and oxygen atoms in total. The fourth-order valence-corrected chi connectivity index (χ4v) is 4.90. The fraction of sp³-hybridized carbons (Fsp3) is 0.333. The number of aryl methyl sites for hydroxylation is 2. The van der Waals surface area contributed by atoms with Gasteiger partial charge in [0.25, 0.3) is 5.91 Å². The van der Waals surface area contributed by atoms with Crippen molar-refractivity contribution in [3.05, 3.63) is 81.4 Å². The summed E-state index contributed by atoms with van der Waals surface area (Å²) in [6, 6.07) is 14.5. The van der Waals surface area contributed by atoms with E-state index in [1.165, 1.54) is 0 Å². The maximum atomic E-state index is 13.1. The van der Waals surface area contributed by atoms with E-state index < -0.39 is 17.7 Å². The van der Waals surface area contributed by atoms with Crippen LogP contribution in [0.3, 0.4) is 0 Å². The van der Waals surface area contributed by atoms with Gasteiger partial charge in [-0.15, -0.1) is 0 Å². The molecule has 0 saturated carbocycles. The quantitative estimate of drug-likeness (QED) is 0.360. The summed E-state index contributed by atoms with van der Waals surface area (Å²) in [7, 11) is 0. The summed E-state index contributed by atoms with van der Waals surface area (Å²) >= 11 is 6.08. The molecule has 1 amide bonds. The van der Waals surface area contributed by atoms with Gasteiger partial charge in [-0.3, -0.25) is 4.79 Å².